The molecule has 15 heavy (non-hydrogen) atoms. The molecule has 0 aliphatic rings. The van der Waals surface area contributed by atoms with E-state index in [9.17, 15) is 4.79 Å². The minimum atomic E-state index is -0.326. The Morgan fingerprint density at radius 2 is 2.47 bits per heavy atom. The second-order valence-corrected chi connectivity index (χ2v) is 2.94. The van der Waals surface area contributed by atoms with E-state index in [-0.39, 0.29) is 12.5 Å². The number of hydrogen-bond donors (Lipinski definition) is 0. The van der Waals surface area contributed by atoms with E-state index in [4.69, 9.17) is 5.26 Å². The Balaban J connectivity index is 2.78. The molecule has 0 amide bonds. The van der Waals surface area contributed by atoms with Gasteiger partial charge < -0.3 is 9.64 Å². The molecule has 0 bridgehead atoms. The molecule has 78 valence electrons. The lowest BCUT2D eigenvalue weighted by Gasteiger charge is -2.17. The molecule has 0 fully saturated rings. The monoisotopic (exact) mass is 205 g/mol. The van der Waals surface area contributed by atoms with E-state index < -0.39 is 0 Å². The number of ether oxygens (including phenoxy) is 1. The number of carbonyl (C=O) groups excluding carboxylic acids is 1. The van der Waals surface area contributed by atoms with Crippen LogP contribution in [0.1, 0.15) is 5.69 Å². The minimum Gasteiger partial charge on any atom is -0.468 e. The molecule has 0 aliphatic carbocycles. The molecule has 1 rings (SSSR count). The van der Waals surface area contributed by atoms with Crippen molar-refractivity contribution in [1.82, 2.24) is 4.98 Å². The molecular formula is C10H11N3O2. The summed E-state index contributed by atoms with van der Waals surface area (Å²) in [5.41, 5.74) is 1.08. The van der Waals surface area contributed by atoms with Crippen molar-refractivity contribution in [2.24, 2.45) is 0 Å². The molecular weight excluding hydrogens is 194 g/mol. The summed E-state index contributed by atoms with van der Waals surface area (Å²) in [6.45, 7) is 0.144. The van der Waals surface area contributed by atoms with Crippen molar-refractivity contribution in [2.45, 2.75) is 0 Å². The Kier molecular flexibility index (Phi) is 3.63. The Bertz CT molecular complexity index is 398. The van der Waals surface area contributed by atoms with Crippen molar-refractivity contribution in [3.05, 3.63) is 24.0 Å². The summed E-state index contributed by atoms with van der Waals surface area (Å²) in [5, 5.41) is 8.65. The van der Waals surface area contributed by atoms with E-state index in [2.05, 4.69) is 9.72 Å². The van der Waals surface area contributed by atoms with E-state index in [1.165, 1.54) is 13.3 Å². The van der Waals surface area contributed by atoms with Gasteiger partial charge in [-0.2, -0.15) is 5.26 Å². The highest BCUT2D eigenvalue weighted by atomic mass is 16.5. The molecule has 0 radical (unpaired) electrons. The van der Waals surface area contributed by atoms with Crippen molar-refractivity contribution >= 4 is 11.7 Å². The van der Waals surface area contributed by atoms with Crippen molar-refractivity contribution in [2.75, 3.05) is 25.6 Å². The molecule has 5 heteroatoms. The van der Waals surface area contributed by atoms with Crippen LogP contribution in [-0.2, 0) is 9.53 Å². The number of carbonyl (C=O) groups is 1. The third kappa shape index (κ3) is 2.95. The summed E-state index contributed by atoms with van der Waals surface area (Å²) in [5.74, 6) is -0.326. The molecule has 0 saturated carbocycles. The highest BCUT2D eigenvalue weighted by molar-refractivity contribution is 5.75. The van der Waals surface area contributed by atoms with Crippen LogP contribution >= 0.6 is 0 Å². The van der Waals surface area contributed by atoms with Gasteiger partial charge in [-0.25, -0.2) is 4.98 Å². The van der Waals surface area contributed by atoms with E-state index in [1.54, 1.807) is 24.1 Å². The number of pyridine rings is 1. The lowest BCUT2D eigenvalue weighted by molar-refractivity contribution is -0.138. The zero-order valence-corrected chi connectivity index (χ0v) is 8.60. The summed E-state index contributed by atoms with van der Waals surface area (Å²) in [6, 6.07) is 5.28. The third-order valence-electron chi connectivity index (χ3n) is 1.89. The van der Waals surface area contributed by atoms with Gasteiger partial charge in [-0.3, -0.25) is 4.79 Å². The smallest absolute Gasteiger partial charge is 0.325 e. The van der Waals surface area contributed by atoms with Crippen LogP contribution in [0.2, 0.25) is 0 Å². The van der Waals surface area contributed by atoms with E-state index >= 15 is 0 Å². The number of rotatable bonds is 3. The van der Waals surface area contributed by atoms with Crippen LogP contribution in [0, 0.1) is 11.3 Å². The fraction of sp³-hybridized carbons (Fsp3) is 0.300. The first-order chi connectivity index (χ1) is 7.17. The van der Waals surface area contributed by atoms with Gasteiger partial charge in [-0.15, -0.1) is 0 Å². The van der Waals surface area contributed by atoms with Crippen molar-refractivity contribution in [1.29, 1.82) is 5.26 Å². The highest BCUT2D eigenvalue weighted by Gasteiger charge is 2.07. The number of anilines is 1. The average Bonchev–Trinajstić information content (AvgIpc) is 2.28. The number of likely N-dealkylation sites (N-methyl/N-ethyl adjacent to an activating group) is 1. The standard InChI is InChI=1S/C10H11N3O2/c1-13(7-10(14)15-2)9-3-4-12-8(5-9)6-11/h3-5H,7H2,1-2H3. The second-order valence-electron chi connectivity index (χ2n) is 2.94. The Morgan fingerprint density at radius 3 is 3.07 bits per heavy atom. The fourth-order valence-electron chi connectivity index (χ4n) is 1.07. The van der Waals surface area contributed by atoms with Crippen LogP contribution in [-0.4, -0.2) is 31.7 Å². The van der Waals surface area contributed by atoms with Crippen molar-refractivity contribution < 1.29 is 9.53 Å². The lowest BCUT2D eigenvalue weighted by Crippen LogP contribution is -2.26. The van der Waals surface area contributed by atoms with E-state index in [0.717, 1.165) is 5.69 Å². The van der Waals surface area contributed by atoms with Crippen molar-refractivity contribution in [3.63, 3.8) is 0 Å². The molecule has 0 spiro atoms. The van der Waals surface area contributed by atoms with Crippen LogP contribution in [0.4, 0.5) is 5.69 Å². The molecule has 0 unspecified atom stereocenters. The maximum atomic E-state index is 11.0. The van der Waals surface area contributed by atoms with Gasteiger partial charge in [-0.05, 0) is 12.1 Å². The molecule has 1 aromatic rings. The quantitative estimate of drug-likeness (QED) is 0.674. The van der Waals surface area contributed by atoms with Crippen LogP contribution in [0.3, 0.4) is 0 Å². The topological polar surface area (TPSA) is 66.2 Å². The van der Waals surface area contributed by atoms with Crippen LogP contribution in [0.25, 0.3) is 0 Å². The molecule has 0 saturated heterocycles. The average molecular weight is 205 g/mol. The number of nitriles is 1. The van der Waals surface area contributed by atoms with Gasteiger partial charge in [0.2, 0.25) is 0 Å². The molecule has 1 heterocycles. The zero-order chi connectivity index (χ0) is 11.3. The molecule has 0 N–H and O–H groups in total. The minimum absolute atomic E-state index is 0.144. The highest BCUT2D eigenvalue weighted by Crippen LogP contribution is 2.11. The molecule has 5 nitrogen and oxygen atoms in total. The lowest BCUT2D eigenvalue weighted by atomic mass is 10.3. The largest absolute Gasteiger partial charge is 0.468 e. The maximum Gasteiger partial charge on any atom is 0.325 e. The molecule has 0 aliphatic heterocycles. The van der Waals surface area contributed by atoms with Gasteiger partial charge in [0, 0.05) is 18.9 Å². The number of nitrogens with zero attached hydrogens (tertiary/aromatic N) is 3. The molecule has 1 aromatic heterocycles. The van der Waals surface area contributed by atoms with E-state index in [0.29, 0.717) is 5.69 Å². The molecule has 0 aromatic carbocycles. The van der Waals surface area contributed by atoms with Gasteiger partial charge in [0.15, 0.2) is 0 Å². The number of methoxy groups -OCH3 is 1. The maximum absolute atomic E-state index is 11.0. The fourth-order valence-corrected chi connectivity index (χ4v) is 1.07. The van der Waals surface area contributed by atoms with Gasteiger partial charge >= 0.3 is 5.97 Å². The Labute approximate surface area is 87.9 Å². The van der Waals surface area contributed by atoms with Gasteiger partial charge in [0.1, 0.15) is 18.3 Å². The molecule has 0 atom stereocenters. The zero-order valence-electron chi connectivity index (χ0n) is 8.60. The number of hydrogen-bond acceptors (Lipinski definition) is 5. The Morgan fingerprint density at radius 1 is 1.73 bits per heavy atom. The first-order valence-corrected chi connectivity index (χ1v) is 4.31. The predicted molar refractivity (Wildman–Crippen MR) is 54.2 cm³/mol. The van der Waals surface area contributed by atoms with Crippen LogP contribution in [0.5, 0.6) is 0 Å². The second kappa shape index (κ2) is 4.96. The van der Waals surface area contributed by atoms with Crippen LogP contribution in [0.15, 0.2) is 18.3 Å². The first kappa shape index (κ1) is 11.0. The third-order valence-corrected chi connectivity index (χ3v) is 1.89. The summed E-state index contributed by atoms with van der Waals surface area (Å²) in [7, 11) is 3.08. The summed E-state index contributed by atoms with van der Waals surface area (Å²) < 4.78 is 4.54. The normalized spacial score (nSPS) is 9.13. The Hall–Kier alpha value is -2.09. The van der Waals surface area contributed by atoms with Crippen molar-refractivity contribution in [3.8, 4) is 6.07 Å². The summed E-state index contributed by atoms with van der Waals surface area (Å²) >= 11 is 0. The van der Waals surface area contributed by atoms with E-state index in [1.807, 2.05) is 6.07 Å². The van der Waals surface area contributed by atoms with Crippen LogP contribution < -0.4 is 4.90 Å². The predicted octanol–water partition coefficient (Wildman–Crippen LogP) is 0.562. The summed E-state index contributed by atoms with van der Waals surface area (Å²) in [4.78, 5) is 16.5. The first-order valence-electron chi connectivity index (χ1n) is 4.31. The van der Waals surface area contributed by atoms with Gasteiger partial charge in [-0.1, -0.05) is 0 Å². The van der Waals surface area contributed by atoms with Gasteiger partial charge in [0.05, 0.1) is 7.11 Å². The number of aromatic nitrogens is 1. The summed E-state index contributed by atoms with van der Waals surface area (Å²) in [6.07, 6.45) is 1.53. The SMILES string of the molecule is COC(=O)CN(C)c1ccnc(C#N)c1. The number of esters is 1. The van der Waals surface area contributed by atoms with Gasteiger partial charge in [0.25, 0.3) is 0 Å².